The second kappa shape index (κ2) is 3.63. The average molecular weight is 235 g/mol. The lowest BCUT2D eigenvalue weighted by atomic mass is 10.1. The third-order valence-electron chi connectivity index (χ3n) is 2.02. The lowest BCUT2D eigenvalue weighted by Crippen LogP contribution is -2.00. The van der Waals surface area contributed by atoms with Crippen molar-refractivity contribution in [3.05, 3.63) is 31.3 Å². The van der Waals surface area contributed by atoms with Crippen molar-refractivity contribution >= 4 is 34.6 Å². The molecule has 0 aliphatic rings. The molecule has 0 amide bonds. The second-order valence-corrected chi connectivity index (χ2v) is 3.65. The Morgan fingerprint density at radius 2 is 1.57 bits per heavy atom. The predicted molar refractivity (Wildman–Crippen MR) is 57.0 cm³/mol. The molecule has 0 saturated heterocycles. The van der Waals surface area contributed by atoms with Crippen LogP contribution in [-0.2, 0) is 0 Å². The zero-order valence-corrected chi connectivity index (χ0v) is 9.11. The molecule has 0 atom stereocenters. The highest BCUT2D eigenvalue weighted by Crippen LogP contribution is 2.40. The summed E-state index contributed by atoms with van der Waals surface area (Å²) in [6.45, 7) is 3.08. The van der Waals surface area contributed by atoms with Gasteiger partial charge in [-0.25, -0.2) is 0 Å². The molecule has 0 bridgehead atoms. The Hall–Kier alpha value is -1.00. The predicted octanol–water partition coefficient (Wildman–Crippen LogP) is 3.10. The minimum absolute atomic E-state index is 0.0748. The molecule has 1 aromatic carbocycles. The first-order chi connectivity index (χ1) is 6.37. The molecule has 0 aromatic heterocycles. The Balaban J connectivity index is 3.68. The van der Waals surface area contributed by atoms with Crippen molar-refractivity contribution in [2.24, 2.45) is 0 Å². The van der Waals surface area contributed by atoms with Gasteiger partial charge in [0.25, 0.3) is 5.69 Å². The second-order valence-electron chi connectivity index (χ2n) is 2.90. The van der Waals surface area contributed by atoms with E-state index in [1.165, 1.54) is 0 Å². The molecule has 0 saturated carbocycles. The molecule has 1 aromatic rings. The number of nitrogens with two attached hydrogens (primary N) is 1. The molecule has 0 aliphatic carbocycles. The van der Waals surface area contributed by atoms with Crippen molar-refractivity contribution in [3.8, 4) is 0 Å². The fraction of sp³-hybridized carbons (Fsp3) is 0.250. The van der Waals surface area contributed by atoms with Crippen LogP contribution in [0.3, 0.4) is 0 Å². The highest BCUT2D eigenvalue weighted by molar-refractivity contribution is 6.40. The molecule has 0 aliphatic heterocycles. The zero-order valence-electron chi connectivity index (χ0n) is 7.60. The summed E-state index contributed by atoms with van der Waals surface area (Å²) in [6, 6.07) is 0. The standard InChI is InChI=1S/C8H8Cl2N2O2/c1-3-5(9)7(11)6(10)4(2)8(3)12(13)14/h11H2,1-2H3. The Kier molecular flexibility index (Phi) is 2.87. The summed E-state index contributed by atoms with van der Waals surface area (Å²) in [4.78, 5) is 10.2. The van der Waals surface area contributed by atoms with Crippen LogP contribution in [-0.4, -0.2) is 4.92 Å². The Labute approximate surface area is 90.8 Å². The van der Waals surface area contributed by atoms with Gasteiger partial charge >= 0.3 is 0 Å². The summed E-state index contributed by atoms with van der Waals surface area (Å²) in [5, 5.41) is 11.0. The van der Waals surface area contributed by atoms with E-state index in [-0.39, 0.29) is 21.4 Å². The fourth-order valence-corrected chi connectivity index (χ4v) is 1.68. The lowest BCUT2D eigenvalue weighted by Gasteiger charge is -2.09. The maximum Gasteiger partial charge on any atom is 0.278 e. The van der Waals surface area contributed by atoms with Gasteiger partial charge in [0.15, 0.2) is 0 Å². The largest absolute Gasteiger partial charge is 0.396 e. The van der Waals surface area contributed by atoms with E-state index in [0.717, 1.165) is 0 Å². The third-order valence-corrected chi connectivity index (χ3v) is 3.00. The smallest absolute Gasteiger partial charge is 0.278 e. The summed E-state index contributed by atoms with van der Waals surface area (Å²) < 4.78 is 0. The van der Waals surface area contributed by atoms with Crippen LogP contribution in [0, 0.1) is 24.0 Å². The van der Waals surface area contributed by atoms with Crippen molar-refractivity contribution in [2.75, 3.05) is 5.73 Å². The van der Waals surface area contributed by atoms with Gasteiger partial charge in [-0.1, -0.05) is 23.2 Å². The van der Waals surface area contributed by atoms with Crippen molar-refractivity contribution in [3.63, 3.8) is 0 Å². The monoisotopic (exact) mass is 234 g/mol. The van der Waals surface area contributed by atoms with E-state index in [2.05, 4.69) is 0 Å². The number of halogens is 2. The molecule has 4 nitrogen and oxygen atoms in total. The van der Waals surface area contributed by atoms with E-state index in [4.69, 9.17) is 28.9 Å². The quantitative estimate of drug-likeness (QED) is 0.461. The number of hydrogen-bond acceptors (Lipinski definition) is 3. The van der Waals surface area contributed by atoms with Crippen LogP contribution in [0.25, 0.3) is 0 Å². The first-order valence-corrected chi connectivity index (χ1v) is 4.51. The number of benzene rings is 1. The molecular formula is C8H8Cl2N2O2. The molecule has 2 N–H and O–H groups in total. The third kappa shape index (κ3) is 1.51. The fourth-order valence-electron chi connectivity index (χ4n) is 1.26. The summed E-state index contributed by atoms with van der Waals surface area (Å²) in [6.07, 6.45) is 0. The van der Waals surface area contributed by atoms with Crippen LogP contribution in [0.1, 0.15) is 11.1 Å². The van der Waals surface area contributed by atoms with Gasteiger partial charge in [-0.15, -0.1) is 0 Å². The lowest BCUT2D eigenvalue weighted by molar-refractivity contribution is -0.386. The van der Waals surface area contributed by atoms with Crippen molar-refractivity contribution in [1.82, 2.24) is 0 Å². The van der Waals surface area contributed by atoms with Gasteiger partial charge in [-0.2, -0.15) is 0 Å². The van der Waals surface area contributed by atoms with Gasteiger partial charge in [-0.3, -0.25) is 10.1 Å². The van der Waals surface area contributed by atoms with E-state index >= 15 is 0 Å². The Bertz CT molecular complexity index is 389. The van der Waals surface area contributed by atoms with Gasteiger partial charge < -0.3 is 5.73 Å². The van der Waals surface area contributed by atoms with E-state index < -0.39 is 4.92 Å². The van der Waals surface area contributed by atoms with E-state index in [1.54, 1.807) is 13.8 Å². The minimum atomic E-state index is -0.512. The average Bonchev–Trinajstić information content (AvgIpc) is 2.11. The maximum atomic E-state index is 10.7. The maximum absolute atomic E-state index is 10.7. The normalized spacial score (nSPS) is 10.3. The summed E-state index contributed by atoms with van der Waals surface area (Å²) >= 11 is 11.6. The number of anilines is 1. The summed E-state index contributed by atoms with van der Waals surface area (Å²) in [5.74, 6) is 0. The number of hydrogen-bond donors (Lipinski definition) is 1. The Morgan fingerprint density at radius 3 is 1.86 bits per heavy atom. The molecule has 0 unspecified atom stereocenters. The number of rotatable bonds is 1. The molecule has 0 spiro atoms. The number of nitrogen functional groups attached to an aromatic ring is 1. The molecule has 0 radical (unpaired) electrons. The van der Waals surface area contributed by atoms with Crippen LogP contribution in [0.2, 0.25) is 10.0 Å². The van der Waals surface area contributed by atoms with Crippen LogP contribution < -0.4 is 5.73 Å². The number of nitro groups is 1. The zero-order chi connectivity index (χ0) is 11.0. The van der Waals surface area contributed by atoms with Crippen LogP contribution in [0.5, 0.6) is 0 Å². The van der Waals surface area contributed by atoms with Crippen molar-refractivity contribution in [1.29, 1.82) is 0 Å². The van der Waals surface area contributed by atoms with Crippen molar-refractivity contribution < 1.29 is 4.92 Å². The van der Waals surface area contributed by atoms with Crippen molar-refractivity contribution in [2.45, 2.75) is 13.8 Å². The molecule has 14 heavy (non-hydrogen) atoms. The highest BCUT2D eigenvalue weighted by Gasteiger charge is 2.23. The highest BCUT2D eigenvalue weighted by atomic mass is 35.5. The molecule has 76 valence electrons. The van der Waals surface area contributed by atoms with Crippen LogP contribution in [0.15, 0.2) is 0 Å². The first-order valence-electron chi connectivity index (χ1n) is 3.76. The minimum Gasteiger partial charge on any atom is -0.396 e. The topological polar surface area (TPSA) is 69.2 Å². The molecule has 6 heteroatoms. The van der Waals surface area contributed by atoms with Gasteiger partial charge in [-0.05, 0) is 13.8 Å². The van der Waals surface area contributed by atoms with Gasteiger partial charge in [0.2, 0.25) is 0 Å². The molecule has 1 rings (SSSR count). The summed E-state index contributed by atoms with van der Waals surface area (Å²) in [7, 11) is 0. The summed E-state index contributed by atoms with van der Waals surface area (Å²) in [5.41, 5.74) is 6.37. The number of nitro benzene ring substituents is 1. The SMILES string of the molecule is Cc1c(Cl)c(N)c(Cl)c(C)c1[N+](=O)[O-]. The van der Waals surface area contributed by atoms with Crippen LogP contribution in [0.4, 0.5) is 11.4 Å². The van der Waals surface area contributed by atoms with E-state index in [1.807, 2.05) is 0 Å². The first kappa shape index (κ1) is 11.1. The van der Waals surface area contributed by atoms with Gasteiger partial charge in [0.05, 0.1) is 20.7 Å². The van der Waals surface area contributed by atoms with Gasteiger partial charge in [0, 0.05) is 11.1 Å². The van der Waals surface area contributed by atoms with E-state index in [0.29, 0.717) is 11.1 Å². The number of nitrogens with zero attached hydrogens (tertiary/aromatic N) is 1. The van der Waals surface area contributed by atoms with E-state index in [9.17, 15) is 10.1 Å². The molecular weight excluding hydrogens is 227 g/mol. The Morgan fingerprint density at radius 1 is 1.21 bits per heavy atom. The molecule has 0 heterocycles. The van der Waals surface area contributed by atoms with Crippen LogP contribution >= 0.6 is 23.2 Å². The molecule has 0 fully saturated rings. The van der Waals surface area contributed by atoms with Gasteiger partial charge in [0.1, 0.15) is 0 Å².